The molecule has 13 heteroatoms. The van der Waals surface area contributed by atoms with Gasteiger partial charge in [0.2, 0.25) is 0 Å². The first-order chi connectivity index (χ1) is 21.1. The molecule has 3 aromatic rings. The minimum absolute atomic E-state index is 0.00312. The van der Waals surface area contributed by atoms with E-state index in [1.165, 1.54) is 16.9 Å². The van der Waals surface area contributed by atoms with Crippen molar-refractivity contribution in [1.29, 1.82) is 0 Å². The van der Waals surface area contributed by atoms with E-state index in [2.05, 4.69) is 0 Å². The lowest BCUT2D eigenvalue weighted by Gasteiger charge is -2.28. The zero-order chi connectivity index (χ0) is 31.5. The summed E-state index contributed by atoms with van der Waals surface area (Å²) >= 11 is 5.68. The summed E-state index contributed by atoms with van der Waals surface area (Å²) in [5.41, 5.74) is 4.13. The number of nitro benzene ring substituents is 1. The van der Waals surface area contributed by atoms with Crippen LogP contribution < -0.4 is 14.5 Å². The number of nitrogens with zero attached hydrogens (tertiary/aromatic N) is 5. The number of methoxy groups -OCH3 is 1. The van der Waals surface area contributed by atoms with Crippen LogP contribution in [-0.4, -0.2) is 77.9 Å². The van der Waals surface area contributed by atoms with E-state index in [9.17, 15) is 19.7 Å². The maximum absolute atomic E-state index is 13.8. The molecule has 5 rings (SSSR count). The van der Waals surface area contributed by atoms with Crippen LogP contribution in [0.15, 0.2) is 54.2 Å². The summed E-state index contributed by atoms with van der Waals surface area (Å²) in [5, 5.41) is 12.2. The number of esters is 1. The minimum Gasteiger partial charge on any atom is -0.494 e. The number of amides is 1. The Morgan fingerprint density at radius 3 is 2.41 bits per heavy atom. The quantitative estimate of drug-likeness (QED) is 0.112. The molecule has 0 atom stereocenters. The van der Waals surface area contributed by atoms with Crippen molar-refractivity contribution in [3.05, 3.63) is 81.3 Å². The molecule has 12 nitrogen and oxygen atoms in total. The summed E-state index contributed by atoms with van der Waals surface area (Å²) in [6.45, 7) is 8.06. The third-order valence-electron chi connectivity index (χ3n) is 7.58. The van der Waals surface area contributed by atoms with Crippen LogP contribution in [0.4, 0.5) is 17.1 Å². The highest BCUT2D eigenvalue weighted by molar-refractivity contribution is 7.80. The highest BCUT2D eigenvalue weighted by Crippen LogP contribution is 2.35. The second-order valence-corrected chi connectivity index (χ2v) is 10.6. The maximum Gasteiger partial charge on any atom is 0.325 e. The van der Waals surface area contributed by atoms with Crippen molar-refractivity contribution in [2.24, 2.45) is 0 Å². The molecular weight excluding hydrogens is 586 g/mol. The molecule has 1 aromatic heterocycles. The fourth-order valence-corrected chi connectivity index (χ4v) is 5.81. The molecule has 0 bridgehead atoms. The molecule has 0 unspecified atom stereocenters. The fraction of sp³-hybridized carbons (Fsp3) is 0.323. The van der Waals surface area contributed by atoms with Crippen molar-refractivity contribution in [1.82, 2.24) is 9.47 Å². The minimum atomic E-state index is -0.558. The average molecular weight is 620 g/mol. The number of carbonyl (C=O) groups excluding carboxylic acids is 2. The smallest absolute Gasteiger partial charge is 0.325 e. The van der Waals surface area contributed by atoms with Gasteiger partial charge in [0.15, 0.2) is 5.11 Å². The Bertz CT molecular complexity index is 1640. The van der Waals surface area contributed by atoms with Gasteiger partial charge in [-0.25, -0.2) is 0 Å². The zero-order valence-electron chi connectivity index (χ0n) is 24.9. The SMILES string of the molecule is CCOc1ccc(N2C(=O)/C(=C/c3cc(C)n(-c4ccc(N5CCOCC5)c([N+](=O)[O-])c4)c3C)N(CC(=O)OC)C2=S)cc1. The Kier molecular flexibility index (Phi) is 8.97. The molecule has 44 heavy (non-hydrogen) atoms. The Hall–Kier alpha value is -4.75. The van der Waals surface area contributed by atoms with Crippen LogP contribution in [0.5, 0.6) is 5.75 Å². The number of hydrogen-bond acceptors (Lipinski definition) is 9. The highest BCUT2D eigenvalue weighted by atomic mass is 32.1. The van der Waals surface area contributed by atoms with Crippen LogP contribution >= 0.6 is 12.2 Å². The van der Waals surface area contributed by atoms with E-state index in [0.717, 1.165) is 11.4 Å². The van der Waals surface area contributed by atoms with E-state index in [-0.39, 0.29) is 28.0 Å². The Balaban J connectivity index is 1.53. The number of nitro groups is 1. The van der Waals surface area contributed by atoms with Crippen LogP contribution in [0.25, 0.3) is 11.8 Å². The first-order valence-electron chi connectivity index (χ1n) is 14.1. The van der Waals surface area contributed by atoms with E-state index < -0.39 is 11.9 Å². The molecule has 1 amide bonds. The monoisotopic (exact) mass is 619 g/mol. The lowest BCUT2D eigenvalue weighted by Crippen LogP contribution is -2.36. The van der Waals surface area contributed by atoms with Gasteiger partial charge in [0, 0.05) is 30.5 Å². The third-order valence-corrected chi connectivity index (χ3v) is 7.99. The predicted octanol–water partition coefficient (Wildman–Crippen LogP) is 4.39. The van der Waals surface area contributed by atoms with Crippen LogP contribution in [0.2, 0.25) is 0 Å². The van der Waals surface area contributed by atoms with Crippen LogP contribution in [-0.2, 0) is 19.1 Å². The summed E-state index contributed by atoms with van der Waals surface area (Å²) in [6.07, 6.45) is 1.68. The van der Waals surface area contributed by atoms with E-state index >= 15 is 0 Å². The number of thiocarbonyl (C=S) groups is 1. The number of aryl methyl sites for hydroxylation is 1. The van der Waals surface area contributed by atoms with E-state index in [0.29, 0.717) is 61.3 Å². The molecule has 2 aliphatic rings. The second kappa shape index (κ2) is 12.9. The predicted molar refractivity (Wildman–Crippen MR) is 169 cm³/mol. The van der Waals surface area contributed by atoms with Crippen molar-refractivity contribution in [2.45, 2.75) is 20.8 Å². The van der Waals surface area contributed by atoms with Crippen LogP contribution in [0, 0.1) is 24.0 Å². The molecule has 2 aromatic carbocycles. The first-order valence-corrected chi connectivity index (χ1v) is 14.5. The van der Waals surface area contributed by atoms with Crippen molar-refractivity contribution < 1.29 is 28.7 Å². The van der Waals surface area contributed by atoms with Gasteiger partial charge in [-0.1, -0.05) is 0 Å². The summed E-state index contributed by atoms with van der Waals surface area (Å²) in [4.78, 5) is 42.7. The van der Waals surface area contributed by atoms with Gasteiger partial charge in [-0.15, -0.1) is 0 Å². The van der Waals surface area contributed by atoms with Crippen molar-refractivity contribution in [2.75, 3.05) is 56.4 Å². The maximum atomic E-state index is 13.8. The molecule has 0 saturated carbocycles. The number of rotatable bonds is 9. The van der Waals surface area contributed by atoms with Gasteiger partial charge in [0.1, 0.15) is 23.7 Å². The molecule has 0 spiro atoms. The number of morpholine rings is 1. The largest absolute Gasteiger partial charge is 0.494 e. The topological polar surface area (TPSA) is 120 Å². The summed E-state index contributed by atoms with van der Waals surface area (Å²) in [6, 6.07) is 14.0. The standard InChI is InChI=1S/C31H33N5O7S/c1-5-43-25-9-6-23(7-10-25)35-30(38)28(33(31(35)44)19-29(37)41-4)17-22-16-20(2)34(21(22)3)24-8-11-26(27(18-24)36(39)40)32-12-14-42-15-13-32/h6-11,16-18H,5,12-15,19H2,1-4H3/b28-17-. The van der Waals surface area contributed by atoms with Gasteiger partial charge in [0.05, 0.1) is 43.2 Å². The van der Waals surface area contributed by atoms with E-state index in [4.69, 9.17) is 26.4 Å². The summed E-state index contributed by atoms with van der Waals surface area (Å²) in [5.74, 6) is -0.308. The van der Waals surface area contributed by atoms with Crippen molar-refractivity contribution in [3.8, 4) is 11.4 Å². The number of hydrogen-bond donors (Lipinski definition) is 0. The van der Waals surface area contributed by atoms with Gasteiger partial charge >= 0.3 is 5.97 Å². The number of aromatic nitrogens is 1. The summed E-state index contributed by atoms with van der Waals surface area (Å²) < 4.78 is 17.7. The average Bonchev–Trinajstić information content (AvgIpc) is 3.43. The normalized spacial score (nSPS) is 16.2. The molecular formula is C31H33N5O7S. The number of anilines is 2. The van der Waals surface area contributed by atoms with E-state index in [1.807, 2.05) is 42.4 Å². The molecule has 2 aliphatic heterocycles. The first kappa shape index (κ1) is 30.7. The molecule has 0 aliphatic carbocycles. The molecule has 230 valence electrons. The second-order valence-electron chi connectivity index (χ2n) is 10.2. The lowest BCUT2D eigenvalue weighted by atomic mass is 10.2. The molecule has 2 saturated heterocycles. The van der Waals surface area contributed by atoms with Crippen molar-refractivity contribution in [3.63, 3.8) is 0 Å². The van der Waals surface area contributed by atoms with Crippen LogP contribution in [0.3, 0.4) is 0 Å². The lowest BCUT2D eigenvalue weighted by molar-refractivity contribution is -0.384. The van der Waals surface area contributed by atoms with Gasteiger partial charge in [0.25, 0.3) is 11.6 Å². The third kappa shape index (κ3) is 5.88. The Morgan fingerprint density at radius 1 is 1.09 bits per heavy atom. The molecule has 2 fully saturated rings. The summed E-state index contributed by atoms with van der Waals surface area (Å²) in [7, 11) is 1.27. The van der Waals surface area contributed by atoms with Gasteiger partial charge in [-0.05, 0) is 87.1 Å². The molecule has 3 heterocycles. The fourth-order valence-electron chi connectivity index (χ4n) is 5.46. The van der Waals surface area contributed by atoms with Gasteiger partial charge < -0.3 is 28.6 Å². The molecule has 0 N–H and O–H groups in total. The Morgan fingerprint density at radius 2 is 1.77 bits per heavy atom. The van der Waals surface area contributed by atoms with E-state index in [1.54, 1.807) is 42.5 Å². The highest BCUT2D eigenvalue weighted by Gasteiger charge is 2.40. The number of benzene rings is 2. The van der Waals surface area contributed by atoms with Crippen molar-refractivity contribution >= 4 is 52.3 Å². The van der Waals surface area contributed by atoms with Crippen LogP contribution in [0.1, 0.15) is 23.9 Å². The van der Waals surface area contributed by atoms with Gasteiger partial charge in [-0.2, -0.15) is 0 Å². The molecule has 0 radical (unpaired) electrons. The van der Waals surface area contributed by atoms with Gasteiger partial charge in [-0.3, -0.25) is 24.6 Å². The zero-order valence-corrected chi connectivity index (χ0v) is 25.8. The number of ether oxygens (including phenoxy) is 3. The Labute approximate surface area is 260 Å². The number of carbonyl (C=O) groups is 2.